The van der Waals surface area contributed by atoms with Crippen LogP contribution in [0.15, 0.2) is 11.1 Å². The highest BCUT2D eigenvalue weighted by Gasteiger charge is 2.25. The van der Waals surface area contributed by atoms with Crippen molar-refractivity contribution >= 4 is 11.7 Å². The number of anilines is 1. The Hall–Kier alpha value is -1.51. The van der Waals surface area contributed by atoms with Crippen LogP contribution in [-0.2, 0) is 30.4 Å². The first kappa shape index (κ1) is 10.4. The lowest BCUT2D eigenvalue weighted by Gasteiger charge is -2.16. The highest BCUT2D eigenvalue weighted by molar-refractivity contribution is 5.92. The minimum absolute atomic E-state index is 0.722. The zero-order valence-electron chi connectivity index (χ0n) is 10.6. The Morgan fingerprint density at radius 3 is 2.33 bits per heavy atom. The molecule has 4 rings (SSSR count). The molecule has 18 heavy (non-hydrogen) atoms. The van der Waals surface area contributed by atoms with Crippen LogP contribution in [-0.4, -0.2) is 19.2 Å². The fourth-order valence-electron chi connectivity index (χ4n) is 3.48. The maximum absolute atomic E-state index is 5.52. The molecule has 0 radical (unpaired) electrons. The molecule has 0 amide bonds. The van der Waals surface area contributed by atoms with Crippen LogP contribution in [0.3, 0.4) is 0 Å². The monoisotopic (exact) mass is 242 g/mol. The summed E-state index contributed by atoms with van der Waals surface area (Å²) in [4.78, 5) is 4.37. The number of rotatable bonds is 1. The number of aliphatic imine (C=N–C) groups is 1. The third-order valence-corrected chi connectivity index (χ3v) is 4.29. The van der Waals surface area contributed by atoms with Gasteiger partial charge >= 0.3 is 0 Å². The van der Waals surface area contributed by atoms with Gasteiger partial charge in [-0.2, -0.15) is 0 Å². The third-order valence-electron chi connectivity index (χ3n) is 4.29. The molecule has 1 aliphatic heterocycles. The summed E-state index contributed by atoms with van der Waals surface area (Å²) in [6.07, 6.45) is 7.48. The highest BCUT2D eigenvalue weighted by atomic mass is 16.5. The van der Waals surface area contributed by atoms with Gasteiger partial charge in [0.1, 0.15) is 6.61 Å². The molecule has 1 heterocycles. The van der Waals surface area contributed by atoms with Crippen molar-refractivity contribution in [2.24, 2.45) is 4.99 Å². The number of aryl methyl sites for hydroxylation is 2. The van der Waals surface area contributed by atoms with Crippen molar-refractivity contribution in [1.29, 1.82) is 0 Å². The lowest BCUT2D eigenvalue weighted by molar-refractivity contribution is 0.346. The minimum atomic E-state index is 0.722. The van der Waals surface area contributed by atoms with Crippen molar-refractivity contribution in [2.75, 3.05) is 18.5 Å². The van der Waals surface area contributed by atoms with Gasteiger partial charge in [-0.05, 0) is 60.8 Å². The van der Waals surface area contributed by atoms with Gasteiger partial charge in [0.25, 0.3) is 6.02 Å². The van der Waals surface area contributed by atoms with Gasteiger partial charge in [-0.1, -0.05) is 6.07 Å². The Bertz CT molecular complexity index is 502. The maximum atomic E-state index is 5.52. The molecule has 2 aliphatic carbocycles. The van der Waals surface area contributed by atoms with E-state index < -0.39 is 0 Å². The first-order chi connectivity index (χ1) is 8.92. The van der Waals surface area contributed by atoms with Crippen molar-refractivity contribution in [1.82, 2.24) is 0 Å². The van der Waals surface area contributed by atoms with Crippen LogP contribution in [0.4, 0.5) is 5.69 Å². The summed E-state index contributed by atoms with van der Waals surface area (Å²) in [5, 5.41) is 3.47. The normalized spacial score (nSPS) is 20.3. The van der Waals surface area contributed by atoms with Crippen molar-refractivity contribution in [3.63, 3.8) is 0 Å². The van der Waals surface area contributed by atoms with Gasteiger partial charge in [0, 0.05) is 5.69 Å². The Morgan fingerprint density at radius 2 is 1.72 bits per heavy atom. The van der Waals surface area contributed by atoms with E-state index in [0.29, 0.717) is 0 Å². The van der Waals surface area contributed by atoms with Crippen LogP contribution >= 0.6 is 0 Å². The topological polar surface area (TPSA) is 33.6 Å². The van der Waals surface area contributed by atoms with E-state index in [1.165, 1.54) is 55.3 Å². The molecule has 3 heteroatoms. The SMILES string of the molecule is c1c2c(c(NC3=NCCO3)c3c1CCC3)CCC2. The van der Waals surface area contributed by atoms with Crippen LogP contribution in [0.25, 0.3) is 0 Å². The molecule has 94 valence electrons. The molecular weight excluding hydrogens is 224 g/mol. The predicted octanol–water partition coefficient (Wildman–Crippen LogP) is 2.46. The van der Waals surface area contributed by atoms with Crippen LogP contribution < -0.4 is 5.32 Å². The summed E-state index contributed by atoms with van der Waals surface area (Å²) in [5.74, 6) is 0. The molecule has 0 unspecified atom stereocenters. The molecule has 1 N–H and O–H groups in total. The number of hydrogen-bond acceptors (Lipinski definition) is 3. The molecule has 1 aromatic carbocycles. The molecule has 0 atom stereocenters. The minimum Gasteiger partial charge on any atom is -0.463 e. The van der Waals surface area contributed by atoms with Crippen molar-refractivity contribution < 1.29 is 4.74 Å². The lowest BCUT2D eigenvalue weighted by atomic mass is 9.99. The zero-order chi connectivity index (χ0) is 11.9. The summed E-state index contributed by atoms with van der Waals surface area (Å²) in [5.41, 5.74) is 7.48. The summed E-state index contributed by atoms with van der Waals surface area (Å²) in [6, 6.07) is 3.18. The third kappa shape index (κ3) is 1.53. The Balaban J connectivity index is 1.80. The van der Waals surface area contributed by atoms with Gasteiger partial charge in [0.2, 0.25) is 0 Å². The molecule has 3 nitrogen and oxygen atoms in total. The van der Waals surface area contributed by atoms with Crippen LogP contribution in [0.2, 0.25) is 0 Å². The quantitative estimate of drug-likeness (QED) is 0.820. The molecular formula is C15H18N2O. The number of ether oxygens (including phenoxy) is 1. The van der Waals surface area contributed by atoms with Crippen molar-refractivity contribution in [3.8, 4) is 0 Å². The van der Waals surface area contributed by atoms with Crippen molar-refractivity contribution in [2.45, 2.75) is 38.5 Å². The number of benzene rings is 1. The van der Waals surface area contributed by atoms with E-state index in [9.17, 15) is 0 Å². The fourth-order valence-corrected chi connectivity index (χ4v) is 3.48. The maximum Gasteiger partial charge on any atom is 0.289 e. The standard InChI is InChI=1S/C15H18N2O/c1-3-10-9-11-4-2-6-13(11)14(12(10)5-1)17-15-16-7-8-18-15/h9H,1-8H2,(H,16,17). The number of nitrogens with one attached hydrogen (secondary N) is 1. The first-order valence-electron chi connectivity index (χ1n) is 7.02. The van der Waals surface area contributed by atoms with Gasteiger partial charge in [0.05, 0.1) is 6.54 Å². The molecule has 3 aliphatic rings. The van der Waals surface area contributed by atoms with E-state index in [4.69, 9.17) is 4.74 Å². The van der Waals surface area contributed by atoms with E-state index in [-0.39, 0.29) is 0 Å². The van der Waals surface area contributed by atoms with Crippen LogP contribution in [0.5, 0.6) is 0 Å². The van der Waals surface area contributed by atoms with E-state index in [0.717, 1.165) is 19.2 Å². The molecule has 1 aromatic rings. The molecule has 0 aromatic heterocycles. The van der Waals surface area contributed by atoms with E-state index in [1.807, 2.05) is 0 Å². The van der Waals surface area contributed by atoms with Gasteiger partial charge in [-0.25, -0.2) is 4.99 Å². The molecule has 0 fully saturated rings. The number of amidine groups is 1. The molecule has 0 saturated carbocycles. The smallest absolute Gasteiger partial charge is 0.289 e. The van der Waals surface area contributed by atoms with E-state index >= 15 is 0 Å². The first-order valence-corrected chi connectivity index (χ1v) is 7.02. The van der Waals surface area contributed by atoms with Crippen molar-refractivity contribution in [3.05, 3.63) is 28.3 Å². The molecule has 0 saturated heterocycles. The summed E-state index contributed by atoms with van der Waals surface area (Å²) >= 11 is 0. The fraction of sp³-hybridized carbons (Fsp3) is 0.533. The zero-order valence-corrected chi connectivity index (χ0v) is 10.6. The van der Waals surface area contributed by atoms with E-state index in [2.05, 4.69) is 16.4 Å². The Labute approximate surface area is 107 Å². The van der Waals surface area contributed by atoms with Gasteiger partial charge in [-0.3, -0.25) is 0 Å². The lowest BCUT2D eigenvalue weighted by Crippen LogP contribution is -2.15. The van der Waals surface area contributed by atoms with Gasteiger partial charge in [-0.15, -0.1) is 0 Å². The summed E-state index contributed by atoms with van der Waals surface area (Å²) in [6.45, 7) is 1.51. The second-order valence-electron chi connectivity index (χ2n) is 5.39. The summed E-state index contributed by atoms with van der Waals surface area (Å²) in [7, 11) is 0. The van der Waals surface area contributed by atoms with Crippen LogP contribution in [0.1, 0.15) is 35.1 Å². The molecule has 0 bridgehead atoms. The Kier molecular flexibility index (Phi) is 2.32. The second-order valence-corrected chi connectivity index (χ2v) is 5.39. The summed E-state index contributed by atoms with van der Waals surface area (Å²) < 4.78 is 5.52. The van der Waals surface area contributed by atoms with Crippen LogP contribution in [0, 0.1) is 0 Å². The predicted molar refractivity (Wildman–Crippen MR) is 72.4 cm³/mol. The average Bonchev–Trinajstić information content (AvgIpc) is 3.08. The second kappa shape index (κ2) is 4.01. The number of hydrogen-bond donors (Lipinski definition) is 1. The molecule has 0 spiro atoms. The van der Waals surface area contributed by atoms with E-state index in [1.54, 1.807) is 11.1 Å². The number of fused-ring (bicyclic) bond motifs is 2. The largest absolute Gasteiger partial charge is 0.463 e. The number of nitrogens with zero attached hydrogens (tertiary/aromatic N) is 1. The van der Waals surface area contributed by atoms with Gasteiger partial charge < -0.3 is 10.1 Å². The average molecular weight is 242 g/mol. The Morgan fingerprint density at radius 1 is 1.00 bits per heavy atom. The van der Waals surface area contributed by atoms with Gasteiger partial charge in [0.15, 0.2) is 0 Å². The highest BCUT2D eigenvalue weighted by Crippen LogP contribution is 2.38.